The summed E-state index contributed by atoms with van der Waals surface area (Å²) in [5, 5.41) is 10.4. The van der Waals surface area contributed by atoms with E-state index < -0.39 is 0 Å². The Bertz CT molecular complexity index is 647. The first kappa shape index (κ1) is 12.0. The van der Waals surface area contributed by atoms with Crippen LogP contribution in [0, 0.1) is 23.2 Å². The highest BCUT2D eigenvalue weighted by atomic mass is 15.2. The van der Waals surface area contributed by atoms with Crippen molar-refractivity contribution in [3.63, 3.8) is 0 Å². The van der Waals surface area contributed by atoms with Crippen molar-refractivity contribution >= 4 is 16.7 Å². The van der Waals surface area contributed by atoms with Crippen molar-refractivity contribution < 1.29 is 0 Å². The van der Waals surface area contributed by atoms with Crippen LogP contribution < -0.4 is 4.90 Å². The van der Waals surface area contributed by atoms with Crippen LogP contribution in [-0.4, -0.2) is 18.1 Å². The summed E-state index contributed by atoms with van der Waals surface area (Å²) in [6, 6.07) is 12.2. The fourth-order valence-electron chi connectivity index (χ4n) is 2.73. The third-order valence-corrected chi connectivity index (χ3v) is 4.11. The molecule has 19 heavy (non-hydrogen) atoms. The Balaban J connectivity index is 2.10. The largest absolute Gasteiger partial charge is 0.355 e. The molecule has 96 valence electrons. The molecule has 1 fully saturated rings. The number of nitrogens with zero attached hydrogens (tertiary/aromatic N) is 3. The van der Waals surface area contributed by atoms with Gasteiger partial charge in [0.25, 0.3) is 0 Å². The standard InChI is InChI=1S/C16H17N3/c1-11-9-19(10-12(11)2)16-14(8-17)7-13-5-3-4-6-15(13)18-16/h3-7,11-12H,9-10H2,1-2H3. The minimum absolute atomic E-state index is 0.653. The van der Waals surface area contributed by atoms with Crippen LogP contribution in [0.15, 0.2) is 30.3 Å². The van der Waals surface area contributed by atoms with Gasteiger partial charge < -0.3 is 4.90 Å². The van der Waals surface area contributed by atoms with Gasteiger partial charge in [0.05, 0.1) is 11.1 Å². The maximum absolute atomic E-state index is 9.35. The number of para-hydroxylation sites is 1. The molecule has 1 aromatic carbocycles. The van der Waals surface area contributed by atoms with E-state index in [2.05, 4.69) is 24.8 Å². The molecule has 3 heteroatoms. The smallest absolute Gasteiger partial charge is 0.147 e. The second-order valence-corrected chi connectivity index (χ2v) is 5.52. The summed E-state index contributed by atoms with van der Waals surface area (Å²) in [6.07, 6.45) is 0. The number of fused-ring (bicyclic) bond motifs is 1. The van der Waals surface area contributed by atoms with Gasteiger partial charge in [0.2, 0.25) is 0 Å². The lowest BCUT2D eigenvalue weighted by Crippen LogP contribution is -2.22. The third kappa shape index (κ3) is 2.04. The van der Waals surface area contributed by atoms with Crippen molar-refractivity contribution in [2.75, 3.05) is 18.0 Å². The highest BCUT2D eigenvalue weighted by Gasteiger charge is 2.28. The first-order chi connectivity index (χ1) is 9.19. The fraction of sp³-hybridized carbons (Fsp3) is 0.375. The number of aromatic nitrogens is 1. The molecule has 0 aliphatic carbocycles. The van der Waals surface area contributed by atoms with Crippen molar-refractivity contribution in [1.29, 1.82) is 5.26 Å². The van der Waals surface area contributed by atoms with E-state index in [1.807, 2.05) is 30.3 Å². The monoisotopic (exact) mass is 251 g/mol. The molecule has 0 bridgehead atoms. The number of benzene rings is 1. The Morgan fingerprint density at radius 1 is 1.21 bits per heavy atom. The van der Waals surface area contributed by atoms with Crippen LogP contribution in [0.2, 0.25) is 0 Å². The fourth-order valence-corrected chi connectivity index (χ4v) is 2.73. The predicted octanol–water partition coefficient (Wildman–Crippen LogP) is 3.20. The minimum atomic E-state index is 0.653. The van der Waals surface area contributed by atoms with E-state index in [1.165, 1.54) is 0 Å². The van der Waals surface area contributed by atoms with E-state index in [-0.39, 0.29) is 0 Å². The Hall–Kier alpha value is -2.08. The highest BCUT2D eigenvalue weighted by Crippen LogP contribution is 2.30. The Morgan fingerprint density at radius 2 is 1.89 bits per heavy atom. The second kappa shape index (κ2) is 4.55. The van der Waals surface area contributed by atoms with E-state index in [9.17, 15) is 5.26 Å². The summed E-state index contributed by atoms with van der Waals surface area (Å²) in [5.41, 5.74) is 1.64. The summed E-state index contributed by atoms with van der Waals surface area (Å²) < 4.78 is 0. The molecule has 0 saturated carbocycles. The van der Waals surface area contributed by atoms with Crippen LogP contribution in [0.25, 0.3) is 10.9 Å². The zero-order valence-electron chi connectivity index (χ0n) is 11.3. The number of hydrogen-bond donors (Lipinski definition) is 0. The van der Waals surface area contributed by atoms with Gasteiger partial charge in [-0.05, 0) is 24.0 Å². The van der Waals surface area contributed by atoms with E-state index in [0.29, 0.717) is 17.4 Å². The summed E-state index contributed by atoms with van der Waals surface area (Å²) >= 11 is 0. The van der Waals surface area contributed by atoms with Crippen LogP contribution in [0.4, 0.5) is 5.82 Å². The average molecular weight is 251 g/mol. The molecule has 1 aliphatic rings. The molecule has 2 heterocycles. The van der Waals surface area contributed by atoms with Crippen LogP contribution in [0.5, 0.6) is 0 Å². The third-order valence-electron chi connectivity index (χ3n) is 4.11. The lowest BCUT2D eigenvalue weighted by molar-refractivity contribution is 0.494. The molecule has 1 aliphatic heterocycles. The van der Waals surface area contributed by atoms with E-state index in [4.69, 9.17) is 4.98 Å². The molecule has 2 atom stereocenters. The van der Waals surface area contributed by atoms with Gasteiger partial charge in [-0.15, -0.1) is 0 Å². The first-order valence-electron chi connectivity index (χ1n) is 6.74. The molecule has 3 rings (SSSR count). The zero-order valence-corrected chi connectivity index (χ0v) is 11.3. The summed E-state index contributed by atoms with van der Waals surface area (Å²) in [4.78, 5) is 6.95. The summed E-state index contributed by atoms with van der Waals surface area (Å²) in [5.74, 6) is 2.15. The highest BCUT2D eigenvalue weighted by molar-refractivity contribution is 5.83. The van der Waals surface area contributed by atoms with Gasteiger partial charge in [0.15, 0.2) is 0 Å². The molecule has 0 N–H and O–H groups in total. The average Bonchev–Trinajstić information content (AvgIpc) is 2.77. The van der Waals surface area contributed by atoms with Gasteiger partial charge in [-0.25, -0.2) is 4.98 Å². The van der Waals surface area contributed by atoms with Crippen molar-refractivity contribution in [3.05, 3.63) is 35.9 Å². The normalized spacial score (nSPS) is 22.7. The van der Waals surface area contributed by atoms with Crippen LogP contribution in [-0.2, 0) is 0 Å². The Labute approximate surface area is 113 Å². The SMILES string of the molecule is CC1CN(c2nc3ccccc3cc2C#N)CC1C. The topological polar surface area (TPSA) is 39.9 Å². The number of rotatable bonds is 1. The van der Waals surface area contributed by atoms with E-state index in [1.54, 1.807) is 0 Å². The summed E-state index contributed by atoms with van der Waals surface area (Å²) in [7, 11) is 0. The molecule has 1 saturated heterocycles. The molecule has 2 unspecified atom stereocenters. The number of anilines is 1. The molecule has 2 aromatic rings. The molecule has 0 radical (unpaired) electrons. The van der Waals surface area contributed by atoms with E-state index >= 15 is 0 Å². The quantitative estimate of drug-likeness (QED) is 0.781. The summed E-state index contributed by atoms with van der Waals surface area (Å²) in [6.45, 7) is 6.50. The zero-order chi connectivity index (χ0) is 13.4. The van der Waals surface area contributed by atoms with Crippen molar-refractivity contribution in [3.8, 4) is 6.07 Å². The number of pyridine rings is 1. The van der Waals surface area contributed by atoms with Gasteiger partial charge in [0.1, 0.15) is 11.9 Å². The van der Waals surface area contributed by atoms with Crippen molar-refractivity contribution in [1.82, 2.24) is 4.98 Å². The lowest BCUT2D eigenvalue weighted by Gasteiger charge is -2.19. The molecule has 0 spiro atoms. The van der Waals surface area contributed by atoms with Gasteiger partial charge in [-0.3, -0.25) is 0 Å². The Kier molecular flexibility index (Phi) is 2.87. The molecular weight excluding hydrogens is 234 g/mol. The number of nitriles is 1. The van der Waals surface area contributed by atoms with Crippen molar-refractivity contribution in [2.24, 2.45) is 11.8 Å². The maximum Gasteiger partial charge on any atom is 0.147 e. The molecule has 1 aromatic heterocycles. The van der Waals surface area contributed by atoms with Crippen LogP contribution in [0.3, 0.4) is 0 Å². The van der Waals surface area contributed by atoms with Crippen LogP contribution in [0.1, 0.15) is 19.4 Å². The number of hydrogen-bond acceptors (Lipinski definition) is 3. The van der Waals surface area contributed by atoms with E-state index in [0.717, 1.165) is 29.8 Å². The molecule has 0 amide bonds. The first-order valence-corrected chi connectivity index (χ1v) is 6.74. The van der Waals surface area contributed by atoms with Gasteiger partial charge in [-0.2, -0.15) is 5.26 Å². The predicted molar refractivity (Wildman–Crippen MR) is 77.0 cm³/mol. The van der Waals surface area contributed by atoms with Gasteiger partial charge in [-0.1, -0.05) is 32.0 Å². The minimum Gasteiger partial charge on any atom is -0.355 e. The lowest BCUT2D eigenvalue weighted by atomic mass is 10.0. The van der Waals surface area contributed by atoms with Gasteiger partial charge >= 0.3 is 0 Å². The van der Waals surface area contributed by atoms with Gasteiger partial charge in [0, 0.05) is 18.5 Å². The van der Waals surface area contributed by atoms with Crippen molar-refractivity contribution in [2.45, 2.75) is 13.8 Å². The maximum atomic E-state index is 9.35. The molecular formula is C16H17N3. The Morgan fingerprint density at radius 3 is 2.58 bits per heavy atom. The molecule has 3 nitrogen and oxygen atoms in total. The second-order valence-electron chi connectivity index (χ2n) is 5.52. The van der Waals surface area contributed by atoms with Crippen LogP contribution >= 0.6 is 0 Å².